The Morgan fingerprint density at radius 2 is 1.79 bits per heavy atom. The molecule has 0 aliphatic rings. The molecule has 33 heavy (non-hydrogen) atoms. The number of methoxy groups -OCH3 is 2. The molecule has 0 amide bonds. The second kappa shape index (κ2) is 10.2. The molecule has 0 unspecified atom stereocenters. The first-order valence-electron chi connectivity index (χ1n) is 9.31. The summed E-state index contributed by atoms with van der Waals surface area (Å²) in [5, 5.41) is 15.9. The van der Waals surface area contributed by atoms with Gasteiger partial charge in [-0.1, -0.05) is 17.7 Å². The molecule has 2 N–H and O–H groups in total. The summed E-state index contributed by atoms with van der Waals surface area (Å²) in [6, 6.07) is 14.6. The van der Waals surface area contributed by atoms with Gasteiger partial charge >= 0.3 is 0 Å². The van der Waals surface area contributed by atoms with Crippen LogP contribution >= 0.6 is 11.6 Å². The van der Waals surface area contributed by atoms with E-state index in [9.17, 15) is 18.5 Å². The molecule has 3 aromatic carbocycles. The average molecular weight is 491 g/mol. The molecule has 0 radical (unpaired) electrons. The molecule has 0 bridgehead atoms. The number of hydrogen-bond acceptors (Lipinski definition) is 8. The largest absolute Gasteiger partial charge is 0.493 e. The third kappa shape index (κ3) is 5.90. The van der Waals surface area contributed by atoms with Crippen molar-refractivity contribution in [2.75, 3.05) is 24.4 Å². The fourth-order valence-electron chi connectivity index (χ4n) is 2.80. The van der Waals surface area contributed by atoms with E-state index in [-0.39, 0.29) is 16.3 Å². The molecule has 0 heterocycles. The van der Waals surface area contributed by atoms with E-state index >= 15 is 0 Å². The van der Waals surface area contributed by atoms with Gasteiger partial charge in [-0.25, -0.2) is 8.42 Å². The summed E-state index contributed by atoms with van der Waals surface area (Å²) >= 11 is 5.87. The fraction of sp³-hybridized carbons (Fsp3) is 0.0952. The van der Waals surface area contributed by atoms with Crippen molar-refractivity contribution in [3.05, 3.63) is 81.4 Å². The average Bonchev–Trinajstić information content (AvgIpc) is 2.78. The molecule has 0 saturated heterocycles. The third-order valence-electron chi connectivity index (χ3n) is 4.36. The number of hydrazone groups is 1. The Bertz CT molecular complexity index is 1310. The van der Waals surface area contributed by atoms with Crippen LogP contribution in [0.15, 0.2) is 70.7 Å². The Hall–Kier alpha value is -3.83. The summed E-state index contributed by atoms with van der Waals surface area (Å²) in [5.41, 5.74) is 2.99. The number of nitro groups is 1. The first-order valence-corrected chi connectivity index (χ1v) is 11.2. The summed E-state index contributed by atoms with van der Waals surface area (Å²) in [5.74, 6) is 1.04. The van der Waals surface area contributed by atoms with Crippen LogP contribution < -0.4 is 19.6 Å². The number of nitro benzene ring substituents is 1. The lowest BCUT2D eigenvalue weighted by molar-refractivity contribution is -0.384. The predicted molar refractivity (Wildman–Crippen MR) is 126 cm³/mol. The van der Waals surface area contributed by atoms with E-state index in [1.165, 1.54) is 44.7 Å². The second-order valence-corrected chi connectivity index (χ2v) is 8.66. The number of nitrogens with one attached hydrogen (secondary N) is 2. The summed E-state index contributed by atoms with van der Waals surface area (Å²) in [4.78, 5) is 10.6. The van der Waals surface area contributed by atoms with Crippen LogP contribution in [-0.2, 0) is 10.0 Å². The van der Waals surface area contributed by atoms with Crippen LogP contribution in [0.3, 0.4) is 0 Å². The number of halogens is 1. The van der Waals surface area contributed by atoms with Crippen molar-refractivity contribution < 1.29 is 22.8 Å². The highest BCUT2D eigenvalue weighted by Gasteiger charge is 2.21. The van der Waals surface area contributed by atoms with Gasteiger partial charge in [0.25, 0.3) is 15.7 Å². The van der Waals surface area contributed by atoms with Crippen LogP contribution in [0.5, 0.6) is 11.5 Å². The number of anilines is 2. The number of sulfonamides is 1. The van der Waals surface area contributed by atoms with Gasteiger partial charge in [0.15, 0.2) is 11.5 Å². The molecule has 12 heteroatoms. The van der Waals surface area contributed by atoms with E-state index in [0.717, 1.165) is 6.07 Å². The fourth-order valence-corrected chi connectivity index (χ4v) is 4.06. The molecule has 0 saturated carbocycles. The van der Waals surface area contributed by atoms with Gasteiger partial charge in [0.1, 0.15) is 5.69 Å². The first kappa shape index (κ1) is 23.8. The molecule has 0 spiro atoms. The van der Waals surface area contributed by atoms with Crippen LogP contribution in [0, 0.1) is 10.1 Å². The molecule has 0 aromatic heterocycles. The highest BCUT2D eigenvalue weighted by Crippen LogP contribution is 2.29. The number of rotatable bonds is 9. The van der Waals surface area contributed by atoms with Gasteiger partial charge in [0, 0.05) is 11.1 Å². The van der Waals surface area contributed by atoms with Crippen molar-refractivity contribution >= 4 is 44.9 Å². The van der Waals surface area contributed by atoms with E-state index in [1.54, 1.807) is 30.3 Å². The van der Waals surface area contributed by atoms with Gasteiger partial charge in [0.2, 0.25) is 0 Å². The molecule has 172 valence electrons. The summed E-state index contributed by atoms with van der Waals surface area (Å²) < 4.78 is 38.1. The summed E-state index contributed by atoms with van der Waals surface area (Å²) in [6.45, 7) is 0. The predicted octanol–water partition coefficient (Wildman–Crippen LogP) is 4.51. The zero-order valence-corrected chi connectivity index (χ0v) is 19.1. The normalized spacial score (nSPS) is 11.2. The van der Waals surface area contributed by atoms with Crippen molar-refractivity contribution in [1.29, 1.82) is 0 Å². The quantitative estimate of drug-likeness (QED) is 0.256. The Balaban J connectivity index is 1.83. The zero-order valence-electron chi connectivity index (χ0n) is 17.5. The Morgan fingerprint density at radius 3 is 2.45 bits per heavy atom. The molecule has 0 aliphatic heterocycles. The van der Waals surface area contributed by atoms with Crippen LogP contribution in [-0.4, -0.2) is 33.8 Å². The minimum atomic E-state index is -4.09. The van der Waals surface area contributed by atoms with Crippen molar-refractivity contribution in [3.8, 4) is 11.5 Å². The topological polar surface area (TPSA) is 132 Å². The number of hydrogen-bond donors (Lipinski definition) is 2. The smallest absolute Gasteiger partial charge is 0.295 e. The standard InChI is InChI=1S/C21H19ClN4O6S/c1-31-20-9-6-14(10-21(20)32-2)13-23-24-18-8-7-17(12-19(18)26(27)28)33(29,30)25-16-5-3-4-15(22)11-16/h3-13,24-25H,1-2H3. The maximum Gasteiger partial charge on any atom is 0.295 e. The first-order chi connectivity index (χ1) is 15.7. The van der Waals surface area contributed by atoms with Gasteiger partial charge in [0.05, 0.1) is 35.9 Å². The SMILES string of the molecule is COc1ccc(C=NNc2ccc(S(=O)(=O)Nc3cccc(Cl)c3)cc2[N+](=O)[O-])cc1OC. The Labute approximate surface area is 195 Å². The van der Waals surface area contributed by atoms with E-state index in [1.807, 2.05) is 0 Å². The van der Waals surface area contributed by atoms with E-state index in [4.69, 9.17) is 21.1 Å². The number of benzene rings is 3. The summed E-state index contributed by atoms with van der Waals surface area (Å²) in [7, 11) is -1.07. The van der Waals surface area contributed by atoms with E-state index < -0.39 is 20.6 Å². The number of ether oxygens (including phenoxy) is 2. The molecule has 10 nitrogen and oxygen atoms in total. The van der Waals surface area contributed by atoms with Crippen LogP contribution in [0.25, 0.3) is 0 Å². The Kier molecular flexibility index (Phi) is 7.36. The minimum Gasteiger partial charge on any atom is -0.493 e. The maximum atomic E-state index is 12.7. The van der Waals surface area contributed by atoms with Crippen molar-refractivity contribution in [3.63, 3.8) is 0 Å². The summed E-state index contributed by atoms with van der Waals surface area (Å²) in [6.07, 6.45) is 1.43. The highest BCUT2D eigenvalue weighted by molar-refractivity contribution is 7.92. The Morgan fingerprint density at radius 1 is 1.03 bits per heavy atom. The lowest BCUT2D eigenvalue weighted by Gasteiger charge is -2.10. The molecule has 0 aliphatic carbocycles. The molecule has 3 rings (SSSR count). The van der Waals surface area contributed by atoms with Crippen molar-refractivity contribution in [2.24, 2.45) is 5.10 Å². The lowest BCUT2D eigenvalue weighted by Crippen LogP contribution is -2.13. The molecule has 0 fully saturated rings. The van der Waals surface area contributed by atoms with E-state index in [0.29, 0.717) is 22.1 Å². The molecular formula is C21H19ClN4O6S. The van der Waals surface area contributed by atoms with Crippen molar-refractivity contribution in [1.82, 2.24) is 0 Å². The van der Waals surface area contributed by atoms with Gasteiger partial charge < -0.3 is 9.47 Å². The van der Waals surface area contributed by atoms with Gasteiger partial charge in [-0.3, -0.25) is 20.3 Å². The third-order valence-corrected chi connectivity index (χ3v) is 5.97. The molecular weight excluding hydrogens is 472 g/mol. The lowest BCUT2D eigenvalue weighted by atomic mass is 10.2. The van der Waals surface area contributed by atoms with Crippen LogP contribution in [0.1, 0.15) is 5.56 Å². The second-order valence-electron chi connectivity index (χ2n) is 6.54. The highest BCUT2D eigenvalue weighted by atomic mass is 35.5. The van der Waals surface area contributed by atoms with Crippen LogP contribution in [0.4, 0.5) is 17.1 Å². The molecule has 3 aromatic rings. The van der Waals surface area contributed by atoms with E-state index in [2.05, 4.69) is 15.2 Å². The van der Waals surface area contributed by atoms with Gasteiger partial charge in [-0.05, 0) is 54.1 Å². The number of nitrogens with zero attached hydrogens (tertiary/aromatic N) is 2. The van der Waals surface area contributed by atoms with Gasteiger partial charge in [-0.2, -0.15) is 5.10 Å². The monoisotopic (exact) mass is 490 g/mol. The minimum absolute atomic E-state index is 0.0124. The molecule has 0 atom stereocenters. The zero-order chi connectivity index (χ0) is 24.0. The van der Waals surface area contributed by atoms with Gasteiger partial charge in [-0.15, -0.1) is 0 Å². The van der Waals surface area contributed by atoms with Crippen LogP contribution in [0.2, 0.25) is 5.02 Å². The van der Waals surface area contributed by atoms with Crippen molar-refractivity contribution in [2.45, 2.75) is 4.90 Å². The maximum absolute atomic E-state index is 12.7.